The summed E-state index contributed by atoms with van der Waals surface area (Å²) in [6.07, 6.45) is 9.25. The van der Waals surface area contributed by atoms with Crippen LogP contribution in [0.2, 0.25) is 0 Å². The molecule has 1 aliphatic rings. The fraction of sp³-hybridized carbons (Fsp3) is 0.588. The van der Waals surface area contributed by atoms with Crippen molar-refractivity contribution in [3.8, 4) is 0 Å². The molecule has 3 rings (SSSR count). The highest BCUT2D eigenvalue weighted by Crippen LogP contribution is 2.35. The normalized spacial score (nSPS) is 15.3. The van der Waals surface area contributed by atoms with Crippen LogP contribution in [0, 0.1) is 0 Å². The molecule has 2 aromatic heterocycles. The van der Waals surface area contributed by atoms with Crippen molar-refractivity contribution in [3.05, 3.63) is 39.3 Å². The SMILES string of the molecule is CCCNC(CCc1ccnn1C)c1cc2c(s1)CCC2. The molecule has 4 heteroatoms. The van der Waals surface area contributed by atoms with Gasteiger partial charge in [0.05, 0.1) is 0 Å². The van der Waals surface area contributed by atoms with Crippen LogP contribution in [-0.2, 0) is 26.3 Å². The zero-order chi connectivity index (χ0) is 14.7. The van der Waals surface area contributed by atoms with Crippen molar-refractivity contribution in [1.29, 1.82) is 0 Å². The first-order valence-corrected chi connectivity index (χ1v) is 8.91. The second-order valence-corrected chi connectivity index (χ2v) is 7.11. The molecule has 114 valence electrons. The number of rotatable bonds is 7. The summed E-state index contributed by atoms with van der Waals surface area (Å²) in [5, 5.41) is 8.01. The Morgan fingerprint density at radius 2 is 2.33 bits per heavy atom. The Hall–Kier alpha value is -1.13. The quantitative estimate of drug-likeness (QED) is 0.846. The first kappa shape index (κ1) is 14.8. The number of hydrogen-bond donors (Lipinski definition) is 1. The molecule has 0 fully saturated rings. The summed E-state index contributed by atoms with van der Waals surface area (Å²) in [6, 6.07) is 5.09. The van der Waals surface area contributed by atoms with Crippen molar-refractivity contribution in [3.63, 3.8) is 0 Å². The van der Waals surface area contributed by atoms with Gasteiger partial charge in [-0.3, -0.25) is 4.68 Å². The third kappa shape index (κ3) is 3.38. The number of aryl methyl sites for hydroxylation is 4. The van der Waals surface area contributed by atoms with E-state index in [4.69, 9.17) is 0 Å². The predicted molar refractivity (Wildman–Crippen MR) is 88.9 cm³/mol. The number of fused-ring (bicyclic) bond motifs is 1. The first-order chi connectivity index (χ1) is 10.3. The highest BCUT2D eigenvalue weighted by molar-refractivity contribution is 7.12. The molecular weight excluding hydrogens is 278 g/mol. The standard InChI is InChI=1S/C17H25N3S/c1-3-10-18-15(8-7-14-9-11-19-20(14)2)17-12-13-5-4-6-16(13)21-17/h9,11-12,15,18H,3-8,10H2,1-2H3. The molecule has 1 unspecified atom stereocenters. The number of nitrogens with zero attached hydrogens (tertiary/aromatic N) is 2. The maximum atomic E-state index is 4.27. The average Bonchev–Trinajstić information content (AvgIpc) is 3.15. The first-order valence-electron chi connectivity index (χ1n) is 8.09. The molecule has 1 atom stereocenters. The summed E-state index contributed by atoms with van der Waals surface area (Å²) in [4.78, 5) is 3.17. The maximum Gasteiger partial charge on any atom is 0.0492 e. The molecule has 0 saturated heterocycles. The van der Waals surface area contributed by atoms with E-state index in [9.17, 15) is 0 Å². The molecular formula is C17H25N3S. The molecule has 0 radical (unpaired) electrons. The monoisotopic (exact) mass is 303 g/mol. The van der Waals surface area contributed by atoms with Crippen LogP contribution in [0.15, 0.2) is 18.3 Å². The second kappa shape index (κ2) is 6.75. The lowest BCUT2D eigenvalue weighted by Gasteiger charge is -2.17. The number of thiophene rings is 1. The van der Waals surface area contributed by atoms with Gasteiger partial charge in [0, 0.05) is 34.7 Å². The summed E-state index contributed by atoms with van der Waals surface area (Å²) in [7, 11) is 2.03. The molecule has 2 aromatic rings. The van der Waals surface area contributed by atoms with Crippen LogP contribution in [0.1, 0.15) is 53.2 Å². The van der Waals surface area contributed by atoms with Crippen LogP contribution >= 0.6 is 11.3 Å². The number of aromatic nitrogens is 2. The maximum absolute atomic E-state index is 4.27. The fourth-order valence-electron chi connectivity index (χ4n) is 3.13. The summed E-state index contributed by atoms with van der Waals surface area (Å²) >= 11 is 2.04. The Labute approximate surface area is 131 Å². The minimum absolute atomic E-state index is 0.496. The second-order valence-electron chi connectivity index (χ2n) is 5.94. The topological polar surface area (TPSA) is 29.9 Å². The molecule has 1 aliphatic carbocycles. The van der Waals surface area contributed by atoms with Crippen molar-refractivity contribution in [1.82, 2.24) is 15.1 Å². The summed E-state index contributed by atoms with van der Waals surface area (Å²) in [6.45, 7) is 3.33. The molecule has 1 N–H and O–H groups in total. The molecule has 0 amide bonds. The predicted octanol–water partition coefficient (Wildman–Crippen LogP) is 3.64. The van der Waals surface area contributed by atoms with Gasteiger partial charge in [0.15, 0.2) is 0 Å². The molecule has 0 saturated carbocycles. The minimum Gasteiger partial charge on any atom is -0.309 e. The van der Waals surface area contributed by atoms with Gasteiger partial charge in [-0.2, -0.15) is 5.10 Å². The number of nitrogens with one attached hydrogen (secondary N) is 1. The van der Waals surface area contributed by atoms with Gasteiger partial charge in [-0.15, -0.1) is 11.3 Å². The van der Waals surface area contributed by atoms with Gasteiger partial charge in [-0.25, -0.2) is 0 Å². The lowest BCUT2D eigenvalue weighted by molar-refractivity contribution is 0.498. The highest BCUT2D eigenvalue weighted by Gasteiger charge is 2.20. The Bertz CT molecular complexity index is 563. The smallest absolute Gasteiger partial charge is 0.0492 e. The van der Waals surface area contributed by atoms with Gasteiger partial charge in [0.25, 0.3) is 0 Å². The zero-order valence-electron chi connectivity index (χ0n) is 13.1. The van der Waals surface area contributed by atoms with E-state index in [0.717, 1.165) is 19.4 Å². The Balaban J connectivity index is 1.69. The van der Waals surface area contributed by atoms with Crippen LogP contribution in [0.5, 0.6) is 0 Å². The van der Waals surface area contributed by atoms with E-state index in [2.05, 4.69) is 29.5 Å². The van der Waals surface area contributed by atoms with Crippen LogP contribution in [-0.4, -0.2) is 16.3 Å². The van der Waals surface area contributed by atoms with Crippen LogP contribution in [0.4, 0.5) is 0 Å². The van der Waals surface area contributed by atoms with E-state index in [1.807, 2.05) is 29.3 Å². The largest absolute Gasteiger partial charge is 0.309 e. The van der Waals surface area contributed by atoms with Crippen molar-refractivity contribution < 1.29 is 0 Å². The van der Waals surface area contributed by atoms with Gasteiger partial charge in [-0.1, -0.05) is 6.92 Å². The summed E-state index contributed by atoms with van der Waals surface area (Å²) in [5.74, 6) is 0. The van der Waals surface area contributed by atoms with Gasteiger partial charge < -0.3 is 5.32 Å². The van der Waals surface area contributed by atoms with Crippen molar-refractivity contribution >= 4 is 11.3 Å². The van der Waals surface area contributed by atoms with E-state index in [1.54, 1.807) is 10.4 Å². The molecule has 21 heavy (non-hydrogen) atoms. The van der Waals surface area contributed by atoms with E-state index in [1.165, 1.54) is 36.3 Å². The Morgan fingerprint density at radius 3 is 3.05 bits per heavy atom. The van der Waals surface area contributed by atoms with E-state index in [-0.39, 0.29) is 0 Å². The summed E-state index contributed by atoms with van der Waals surface area (Å²) < 4.78 is 1.99. The van der Waals surface area contributed by atoms with E-state index in [0.29, 0.717) is 6.04 Å². The van der Waals surface area contributed by atoms with Gasteiger partial charge in [-0.05, 0) is 62.8 Å². The van der Waals surface area contributed by atoms with Crippen LogP contribution < -0.4 is 5.32 Å². The zero-order valence-corrected chi connectivity index (χ0v) is 13.9. The van der Waals surface area contributed by atoms with E-state index < -0.39 is 0 Å². The van der Waals surface area contributed by atoms with Crippen molar-refractivity contribution in [2.45, 2.75) is 51.5 Å². The van der Waals surface area contributed by atoms with Gasteiger partial charge >= 0.3 is 0 Å². The minimum atomic E-state index is 0.496. The third-order valence-electron chi connectivity index (χ3n) is 4.36. The Morgan fingerprint density at radius 1 is 1.43 bits per heavy atom. The van der Waals surface area contributed by atoms with E-state index >= 15 is 0 Å². The summed E-state index contributed by atoms with van der Waals surface area (Å²) in [5.41, 5.74) is 2.93. The molecule has 3 nitrogen and oxygen atoms in total. The van der Waals surface area contributed by atoms with Crippen molar-refractivity contribution in [2.75, 3.05) is 6.54 Å². The van der Waals surface area contributed by atoms with Crippen molar-refractivity contribution in [2.24, 2.45) is 7.05 Å². The lowest BCUT2D eigenvalue weighted by atomic mass is 10.1. The van der Waals surface area contributed by atoms with Crippen LogP contribution in [0.25, 0.3) is 0 Å². The Kier molecular flexibility index (Phi) is 4.76. The molecule has 0 spiro atoms. The van der Waals surface area contributed by atoms with Crippen LogP contribution in [0.3, 0.4) is 0 Å². The van der Waals surface area contributed by atoms with Gasteiger partial charge in [0.2, 0.25) is 0 Å². The average molecular weight is 303 g/mol. The molecule has 2 heterocycles. The molecule has 0 bridgehead atoms. The third-order valence-corrected chi connectivity index (χ3v) is 5.71. The fourth-order valence-corrected chi connectivity index (χ4v) is 4.49. The lowest BCUT2D eigenvalue weighted by Crippen LogP contribution is -2.22. The molecule has 0 aromatic carbocycles. The molecule has 0 aliphatic heterocycles. The number of hydrogen-bond acceptors (Lipinski definition) is 3. The highest BCUT2D eigenvalue weighted by atomic mass is 32.1. The van der Waals surface area contributed by atoms with Gasteiger partial charge in [0.1, 0.15) is 0 Å².